The van der Waals surface area contributed by atoms with Crippen molar-refractivity contribution in [1.82, 2.24) is 24.8 Å². The van der Waals surface area contributed by atoms with E-state index in [0.717, 1.165) is 42.5 Å². The van der Waals surface area contributed by atoms with E-state index >= 15 is 0 Å². The molecular weight excluding hydrogens is 506 g/mol. The van der Waals surface area contributed by atoms with Gasteiger partial charge >= 0.3 is 0 Å². The Bertz CT molecular complexity index is 1410. The van der Waals surface area contributed by atoms with Crippen LogP contribution in [0.1, 0.15) is 32.7 Å². The number of benzene rings is 1. The van der Waals surface area contributed by atoms with Crippen molar-refractivity contribution in [3.05, 3.63) is 45.8 Å². The quantitative estimate of drug-likeness (QED) is 0.470. The topological polar surface area (TPSA) is 105 Å². The van der Waals surface area contributed by atoms with Gasteiger partial charge in [0.1, 0.15) is 5.02 Å². The molecule has 1 aromatic carbocycles. The zero-order valence-electron chi connectivity index (χ0n) is 22.3. The van der Waals surface area contributed by atoms with Crippen LogP contribution in [-0.4, -0.2) is 72.2 Å². The van der Waals surface area contributed by atoms with Gasteiger partial charge in [-0.15, -0.1) is 0 Å². The summed E-state index contributed by atoms with van der Waals surface area (Å²) in [6, 6.07) is 7.25. The van der Waals surface area contributed by atoms with Gasteiger partial charge in [-0.25, -0.2) is 4.98 Å². The number of hydrogen-bond acceptors (Lipinski definition) is 8. The van der Waals surface area contributed by atoms with Crippen LogP contribution in [0.15, 0.2) is 35.3 Å². The third-order valence-electron chi connectivity index (χ3n) is 7.47. The lowest BCUT2D eigenvalue weighted by Crippen LogP contribution is -2.58. The van der Waals surface area contributed by atoms with Crippen LogP contribution in [0.2, 0.25) is 5.02 Å². The molecule has 0 unspecified atom stereocenters. The number of likely N-dealkylation sites (tertiary alicyclic amines) is 1. The highest BCUT2D eigenvalue weighted by Gasteiger charge is 2.43. The van der Waals surface area contributed by atoms with E-state index in [0.29, 0.717) is 22.2 Å². The first kappa shape index (κ1) is 26.2. The lowest BCUT2D eigenvalue weighted by atomic mass is 9.72. The van der Waals surface area contributed by atoms with Crippen LogP contribution in [0, 0.1) is 5.41 Å². The van der Waals surface area contributed by atoms with Crippen molar-refractivity contribution in [3.8, 4) is 5.75 Å². The summed E-state index contributed by atoms with van der Waals surface area (Å²) in [6.45, 7) is 7.82. The molecule has 1 amide bonds. The Kier molecular flexibility index (Phi) is 7.19. The summed E-state index contributed by atoms with van der Waals surface area (Å²) in [5, 5.41) is 7.03. The highest BCUT2D eigenvalue weighted by molar-refractivity contribution is 6.32. The first-order valence-corrected chi connectivity index (χ1v) is 13.3. The maximum atomic E-state index is 13.1. The molecule has 2 aliphatic rings. The van der Waals surface area contributed by atoms with Gasteiger partial charge in [-0.3, -0.25) is 9.59 Å². The van der Waals surface area contributed by atoms with Crippen LogP contribution < -0.4 is 25.8 Å². The molecule has 1 spiro atoms. The third-order valence-corrected chi connectivity index (χ3v) is 7.75. The van der Waals surface area contributed by atoms with Gasteiger partial charge < -0.3 is 29.7 Å². The van der Waals surface area contributed by atoms with E-state index in [-0.39, 0.29) is 29.9 Å². The lowest BCUT2D eigenvalue weighted by molar-refractivity contribution is -0.122. The minimum absolute atomic E-state index is 0.102. The Morgan fingerprint density at radius 1 is 1.21 bits per heavy atom. The highest BCUT2D eigenvalue weighted by atomic mass is 35.5. The fraction of sp³-hybridized carbons (Fsp3) is 0.481. The first-order valence-electron chi connectivity index (χ1n) is 12.9. The van der Waals surface area contributed by atoms with E-state index in [1.54, 1.807) is 16.8 Å². The predicted molar refractivity (Wildman–Crippen MR) is 150 cm³/mol. The third kappa shape index (κ3) is 5.15. The average molecular weight is 540 g/mol. The molecule has 2 N–H and O–H groups in total. The van der Waals surface area contributed by atoms with Crippen molar-refractivity contribution in [1.29, 1.82) is 0 Å². The number of amides is 1. The molecular formula is C27H34ClN7O3. The highest BCUT2D eigenvalue weighted by Crippen LogP contribution is 2.40. The molecule has 2 saturated heterocycles. The molecule has 0 radical (unpaired) electrons. The van der Waals surface area contributed by atoms with Gasteiger partial charge in [-0.2, -0.15) is 4.98 Å². The summed E-state index contributed by atoms with van der Waals surface area (Å²) < 4.78 is 7.23. The molecule has 0 atom stereocenters. The molecule has 5 rings (SSSR count). The SMILES string of the molecule is CNC(=O)COc1cc2cc(Nc3nc(N4CCC5(CC4)CN(C)C5)ncc3Cl)ccc2n(C(C)C)c1=O. The molecule has 0 bridgehead atoms. The number of ether oxygens (including phenoxy) is 1. The first-order chi connectivity index (χ1) is 18.2. The van der Waals surface area contributed by atoms with Crippen LogP contribution in [-0.2, 0) is 4.79 Å². The number of likely N-dealkylation sites (N-methyl/N-ethyl adjacent to an activating group) is 1. The number of fused-ring (bicyclic) bond motifs is 1. The Balaban J connectivity index is 1.40. The van der Waals surface area contributed by atoms with E-state index in [4.69, 9.17) is 21.3 Å². The molecule has 4 heterocycles. The van der Waals surface area contributed by atoms with Gasteiger partial charge in [-0.1, -0.05) is 11.6 Å². The zero-order chi connectivity index (χ0) is 27.0. The second-order valence-electron chi connectivity index (χ2n) is 10.7. The van der Waals surface area contributed by atoms with Gasteiger partial charge in [0.25, 0.3) is 11.5 Å². The standard InChI is InChI=1S/C27H34ClN7O3/c1-17(2)35-21-6-5-19(11-18(21)12-22(25(35)37)38-14-23(36)29-3)31-24-20(28)13-30-26(32-24)34-9-7-27(8-10-34)15-33(4)16-27/h5-6,11-13,17H,7-10,14-16H2,1-4H3,(H,29,36)(H,30,31,32). The van der Waals surface area contributed by atoms with Crippen LogP contribution in [0.3, 0.4) is 0 Å². The average Bonchev–Trinajstić information content (AvgIpc) is 2.88. The fourth-order valence-corrected chi connectivity index (χ4v) is 5.70. The van der Waals surface area contributed by atoms with Gasteiger partial charge in [0.05, 0.1) is 11.7 Å². The summed E-state index contributed by atoms with van der Waals surface area (Å²) in [5.41, 5.74) is 1.69. The number of halogens is 1. The molecule has 2 aromatic heterocycles. The van der Waals surface area contributed by atoms with E-state index in [9.17, 15) is 9.59 Å². The Labute approximate surface area is 226 Å². The van der Waals surface area contributed by atoms with Crippen LogP contribution >= 0.6 is 11.6 Å². The zero-order valence-corrected chi connectivity index (χ0v) is 23.0. The number of nitrogens with zero attached hydrogens (tertiary/aromatic N) is 5. The predicted octanol–water partition coefficient (Wildman–Crippen LogP) is 3.43. The summed E-state index contributed by atoms with van der Waals surface area (Å²) in [4.78, 5) is 38.6. The molecule has 11 heteroatoms. The van der Waals surface area contributed by atoms with E-state index in [1.165, 1.54) is 20.1 Å². The van der Waals surface area contributed by atoms with E-state index in [1.807, 2.05) is 32.0 Å². The summed E-state index contributed by atoms with van der Waals surface area (Å²) in [6.07, 6.45) is 3.91. The molecule has 3 aromatic rings. The maximum Gasteiger partial charge on any atom is 0.293 e. The minimum Gasteiger partial charge on any atom is -0.478 e. The van der Waals surface area contributed by atoms with Crippen LogP contribution in [0.4, 0.5) is 17.5 Å². The number of carbonyl (C=O) groups excluding carboxylic acids is 1. The van der Waals surface area contributed by atoms with Crippen molar-refractivity contribution in [2.45, 2.75) is 32.7 Å². The Morgan fingerprint density at radius 2 is 1.95 bits per heavy atom. The maximum absolute atomic E-state index is 13.1. The van der Waals surface area contributed by atoms with E-state index in [2.05, 4.69) is 32.5 Å². The second kappa shape index (κ2) is 10.4. The molecule has 202 valence electrons. The number of pyridine rings is 1. The van der Waals surface area contributed by atoms with Crippen molar-refractivity contribution >= 4 is 45.9 Å². The summed E-state index contributed by atoms with van der Waals surface area (Å²) >= 11 is 6.48. The lowest BCUT2D eigenvalue weighted by Gasteiger charge is -2.52. The molecule has 0 aliphatic carbocycles. The van der Waals surface area contributed by atoms with Crippen molar-refractivity contribution in [2.24, 2.45) is 5.41 Å². The number of aromatic nitrogens is 3. The van der Waals surface area contributed by atoms with Crippen molar-refractivity contribution in [2.75, 3.05) is 57.1 Å². The van der Waals surface area contributed by atoms with Crippen LogP contribution in [0.25, 0.3) is 10.9 Å². The molecule has 2 fully saturated rings. The van der Waals surface area contributed by atoms with E-state index < -0.39 is 0 Å². The van der Waals surface area contributed by atoms with Crippen LogP contribution in [0.5, 0.6) is 5.75 Å². The van der Waals surface area contributed by atoms with Crippen molar-refractivity contribution in [3.63, 3.8) is 0 Å². The smallest absolute Gasteiger partial charge is 0.293 e. The van der Waals surface area contributed by atoms with Gasteiger partial charge in [0.2, 0.25) is 5.95 Å². The number of nitrogens with one attached hydrogen (secondary N) is 2. The number of anilines is 3. The van der Waals surface area contributed by atoms with Gasteiger partial charge in [0.15, 0.2) is 18.2 Å². The second-order valence-corrected chi connectivity index (χ2v) is 11.1. The van der Waals surface area contributed by atoms with Gasteiger partial charge in [-0.05, 0) is 63.4 Å². The molecule has 0 saturated carbocycles. The number of carbonyl (C=O) groups is 1. The van der Waals surface area contributed by atoms with Gasteiger partial charge in [0, 0.05) is 50.3 Å². The van der Waals surface area contributed by atoms with Crippen molar-refractivity contribution < 1.29 is 9.53 Å². The summed E-state index contributed by atoms with van der Waals surface area (Å²) in [5.74, 6) is 0.996. The normalized spacial score (nSPS) is 17.1. The molecule has 38 heavy (non-hydrogen) atoms. The number of piperidine rings is 1. The number of hydrogen-bond donors (Lipinski definition) is 2. The molecule has 2 aliphatic heterocycles. The number of rotatable bonds is 7. The monoisotopic (exact) mass is 539 g/mol. The largest absolute Gasteiger partial charge is 0.478 e. The molecule has 10 nitrogen and oxygen atoms in total. The Hall–Kier alpha value is -3.37. The summed E-state index contributed by atoms with van der Waals surface area (Å²) in [7, 11) is 3.69. The fourth-order valence-electron chi connectivity index (χ4n) is 5.56. The minimum atomic E-state index is -0.311. The Morgan fingerprint density at radius 3 is 2.61 bits per heavy atom.